The molecule has 0 bridgehead atoms. The third-order valence-corrected chi connectivity index (χ3v) is 5.45. The zero-order valence-electron chi connectivity index (χ0n) is 15.9. The van der Waals surface area contributed by atoms with Gasteiger partial charge in [0.1, 0.15) is 11.5 Å². The molecule has 0 atom stereocenters. The van der Waals surface area contributed by atoms with Crippen LogP contribution < -0.4 is 14.8 Å². The van der Waals surface area contributed by atoms with Gasteiger partial charge in [0.05, 0.1) is 12.8 Å². The van der Waals surface area contributed by atoms with Crippen LogP contribution in [-0.4, -0.2) is 43.5 Å². The molecule has 4 rings (SSSR count). The maximum Gasteiger partial charge on any atom is 0.262 e. The largest absolute Gasteiger partial charge is 0.497 e. The zero-order chi connectivity index (χ0) is 19.5. The second-order valence-electron chi connectivity index (χ2n) is 7.34. The summed E-state index contributed by atoms with van der Waals surface area (Å²) < 4.78 is 10.6. The van der Waals surface area contributed by atoms with Gasteiger partial charge in [-0.15, -0.1) is 0 Å². The summed E-state index contributed by atoms with van der Waals surface area (Å²) in [7, 11) is 1.67. The van der Waals surface area contributed by atoms with E-state index >= 15 is 0 Å². The topological polar surface area (TPSA) is 67.9 Å². The lowest BCUT2D eigenvalue weighted by Gasteiger charge is -2.32. The van der Waals surface area contributed by atoms with Crippen LogP contribution in [0.15, 0.2) is 42.5 Å². The molecular weight excluding hydrogens is 356 g/mol. The van der Waals surface area contributed by atoms with E-state index in [2.05, 4.69) is 17.4 Å². The molecule has 0 unspecified atom stereocenters. The normalized spacial score (nSPS) is 16.8. The Morgan fingerprint density at radius 1 is 1.18 bits per heavy atom. The third kappa shape index (κ3) is 3.96. The molecule has 0 aliphatic carbocycles. The van der Waals surface area contributed by atoms with Crippen molar-refractivity contribution in [3.8, 4) is 11.5 Å². The fourth-order valence-corrected chi connectivity index (χ4v) is 3.83. The smallest absolute Gasteiger partial charge is 0.262 e. The number of carbonyl (C=O) groups excluding carboxylic acids is 2. The number of nitrogens with one attached hydrogen (secondary N) is 1. The summed E-state index contributed by atoms with van der Waals surface area (Å²) in [5.74, 6) is 1.86. The number of hydrogen-bond donors (Lipinski definition) is 1. The van der Waals surface area contributed by atoms with Gasteiger partial charge >= 0.3 is 0 Å². The third-order valence-electron chi connectivity index (χ3n) is 5.45. The Morgan fingerprint density at radius 3 is 2.64 bits per heavy atom. The second-order valence-corrected chi connectivity index (χ2v) is 7.34. The molecule has 6 nitrogen and oxygen atoms in total. The number of fused-ring (bicyclic) bond motifs is 1. The highest BCUT2D eigenvalue weighted by molar-refractivity contribution is 5.99. The molecule has 2 amide bonds. The Labute approximate surface area is 164 Å². The van der Waals surface area contributed by atoms with Gasteiger partial charge in [-0.05, 0) is 61.1 Å². The van der Waals surface area contributed by atoms with Crippen molar-refractivity contribution in [2.45, 2.75) is 19.3 Å². The number of amides is 2. The molecule has 28 heavy (non-hydrogen) atoms. The van der Waals surface area contributed by atoms with Crippen LogP contribution in [-0.2, 0) is 11.2 Å². The number of hydrogen-bond acceptors (Lipinski definition) is 4. The molecule has 2 aliphatic rings. The van der Waals surface area contributed by atoms with Gasteiger partial charge in [-0.1, -0.05) is 12.1 Å². The summed E-state index contributed by atoms with van der Waals surface area (Å²) in [5, 5.41) is 2.74. The minimum atomic E-state index is -0.175. The molecule has 2 aromatic rings. The first-order valence-corrected chi connectivity index (χ1v) is 9.61. The monoisotopic (exact) mass is 380 g/mol. The number of anilines is 1. The van der Waals surface area contributed by atoms with E-state index in [1.807, 2.05) is 17.0 Å². The molecule has 0 saturated carbocycles. The first kappa shape index (κ1) is 18.3. The number of rotatable bonds is 4. The van der Waals surface area contributed by atoms with Crippen LogP contribution in [0.5, 0.6) is 11.5 Å². The molecule has 1 saturated heterocycles. The Bertz CT molecular complexity index is 871. The van der Waals surface area contributed by atoms with Crippen molar-refractivity contribution in [1.29, 1.82) is 0 Å². The number of likely N-dealkylation sites (tertiary alicyclic amines) is 1. The van der Waals surface area contributed by atoms with E-state index < -0.39 is 0 Å². The van der Waals surface area contributed by atoms with E-state index in [-0.39, 0.29) is 18.4 Å². The fourth-order valence-electron chi connectivity index (χ4n) is 3.83. The van der Waals surface area contributed by atoms with Crippen molar-refractivity contribution in [1.82, 2.24) is 4.90 Å². The molecule has 0 radical (unpaired) electrons. The first-order valence-electron chi connectivity index (χ1n) is 9.61. The minimum absolute atomic E-state index is 0.0125. The van der Waals surface area contributed by atoms with Gasteiger partial charge < -0.3 is 19.7 Å². The van der Waals surface area contributed by atoms with Gasteiger partial charge in [0, 0.05) is 18.7 Å². The molecule has 146 valence electrons. The molecular formula is C22H24N2O4. The number of nitrogens with zero attached hydrogens (tertiary/aromatic N) is 1. The van der Waals surface area contributed by atoms with E-state index in [1.165, 1.54) is 5.56 Å². The average Bonchev–Trinajstić information content (AvgIpc) is 2.74. The van der Waals surface area contributed by atoms with Crippen molar-refractivity contribution in [3.63, 3.8) is 0 Å². The molecule has 2 aliphatic heterocycles. The van der Waals surface area contributed by atoms with Crippen LogP contribution in [0.25, 0.3) is 0 Å². The van der Waals surface area contributed by atoms with E-state index in [0.717, 1.165) is 38.1 Å². The summed E-state index contributed by atoms with van der Waals surface area (Å²) in [6.45, 7) is 1.50. The average molecular weight is 380 g/mol. The van der Waals surface area contributed by atoms with Gasteiger partial charge in [0.2, 0.25) is 0 Å². The Kier molecular flexibility index (Phi) is 5.19. The summed E-state index contributed by atoms with van der Waals surface area (Å²) in [5.41, 5.74) is 2.52. The summed E-state index contributed by atoms with van der Waals surface area (Å²) in [4.78, 5) is 26.1. The molecule has 2 aromatic carbocycles. The SMILES string of the molecule is COc1ccc(CC2CCN(C(=O)c3ccc4c(c3)OCC(=O)N4)CC2)cc1. The van der Waals surface area contributed by atoms with E-state index in [1.54, 1.807) is 25.3 Å². The molecule has 2 heterocycles. The number of methoxy groups -OCH3 is 1. The van der Waals surface area contributed by atoms with Gasteiger partial charge in [-0.2, -0.15) is 0 Å². The van der Waals surface area contributed by atoms with Crippen LogP contribution in [0.1, 0.15) is 28.8 Å². The Morgan fingerprint density at radius 2 is 1.93 bits per heavy atom. The highest BCUT2D eigenvalue weighted by atomic mass is 16.5. The van der Waals surface area contributed by atoms with Crippen LogP contribution in [0.4, 0.5) is 5.69 Å². The predicted molar refractivity (Wildman–Crippen MR) is 106 cm³/mol. The Hall–Kier alpha value is -3.02. The molecule has 0 spiro atoms. The van der Waals surface area contributed by atoms with E-state index in [4.69, 9.17) is 9.47 Å². The highest BCUT2D eigenvalue weighted by Crippen LogP contribution is 2.30. The maximum absolute atomic E-state index is 12.9. The predicted octanol–water partition coefficient (Wildman–Crippen LogP) is 3.12. The summed E-state index contributed by atoms with van der Waals surface area (Å²) in [6.07, 6.45) is 3.02. The number of benzene rings is 2. The number of ether oxygens (including phenoxy) is 2. The Balaban J connectivity index is 1.34. The van der Waals surface area contributed by atoms with Crippen LogP contribution in [0, 0.1) is 5.92 Å². The lowest BCUT2D eigenvalue weighted by molar-refractivity contribution is -0.118. The standard InChI is InChI=1S/C22H24N2O4/c1-27-18-5-2-15(3-6-18)12-16-8-10-24(11-9-16)22(26)17-4-7-19-20(13-17)28-14-21(25)23-19/h2-7,13,16H,8-12,14H2,1H3,(H,23,25). The molecule has 1 fully saturated rings. The summed E-state index contributed by atoms with van der Waals surface area (Å²) >= 11 is 0. The zero-order valence-corrected chi connectivity index (χ0v) is 15.9. The van der Waals surface area contributed by atoms with Gasteiger partial charge in [-0.3, -0.25) is 9.59 Å². The first-order chi connectivity index (χ1) is 13.6. The summed E-state index contributed by atoms with van der Waals surface area (Å²) in [6, 6.07) is 13.4. The fraction of sp³-hybridized carbons (Fsp3) is 0.364. The lowest BCUT2D eigenvalue weighted by Crippen LogP contribution is -2.39. The molecule has 1 N–H and O–H groups in total. The lowest BCUT2D eigenvalue weighted by atomic mass is 9.90. The quantitative estimate of drug-likeness (QED) is 0.885. The van der Waals surface area contributed by atoms with Gasteiger partial charge in [0.25, 0.3) is 11.8 Å². The highest BCUT2D eigenvalue weighted by Gasteiger charge is 2.25. The van der Waals surface area contributed by atoms with Crippen molar-refractivity contribution in [2.24, 2.45) is 5.92 Å². The van der Waals surface area contributed by atoms with Gasteiger partial charge in [0.15, 0.2) is 6.61 Å². The van der Waals surface area contributed by atoms with Crippen LogP contribution in [0.2, 0.25) is 0 Å². The van der Waals surface area contributed by atoms with Crippen LogP contribution in [0.3, 0.4) is 0 Å². The maximum atomic E-state index is 12.9. The minimum Gasteiger partial charge on any atom is -0.497 e. The molecule has 0 aromatic heterocycles. The van der Waals surface area contributed by atoms with Crippen molar-refractivity contribution in [2.75, 3.05) is 32.1 Å². The van der Waals surface area contributed by atoms with E-state index in [0.29, 0.717) is 22.9 Å². The second kappa shape index (κ2) is 7.92. The number of piperidine rings is 1. The van der Waals surface area contributed by atoms with Crippen LogP contribution >= 0.6 is 0 Å². The number of carbonyl (C=O) groups is 2. The molecule has 6 heteroatoms. The van der Waals surface area contributed by atoms with Crippen molar-refractivity contribution in [3.05, 3.63) is 53.6 Å². The van der Waals surface area contributed by atoms with Crippen molar-refractivity contribution >= 4 is 17.5 Å². The van der Waals surface area contributed by atoms with Crippen molar-refractivity contribution < 1.29 is 19.1 Å². The van der Waals surface area contributed by atoms with E-state index in [9.17, 15) is 9.59 Å². The van der Waals surface area contributed by atoms with Gasteiger partial charge in [-0.25, -0.2) is 0 Å².